The van der Waals surface area contributed by atoms with Crippen LogP contribution < -0.4 is 21.1 Å². The summed E-state index contributed by atoms with van der Waals surface area (Å²) in [5.74, 6) is -0.0481. The molecule has 13 nitrogen and oxygen atoms in total. The van der Waals surface area contributed by atoms with E-state index in [4.69, 9.17) is 4.74 Å². The molecule has 0 radical (unpaired) electrons. The molecule has 2 aliphatic rings. The minimum atomic E-state index is -4.50. The van der Waals surface area contributed by atoms with Crippen LogP contribution in [0, 0.1) is 6.92 Å². The van der Waals surface area contributed by atoms with Crippen LogP contribution >= 0.6 is 11.3 Å². The number of ether oxygens (including phenoxy) is 1. The lowest BCUT2D eigenvalue weighted by molar-refractivity contribution is -0.137. The van der Waals surface area contributed by atoms with Gasteiger partial charge < -0.3 is 24.4 Å². The number of rotatable bonds is 6. The van der Waals surface area contributed by atoms with Crippen molar-refractivity contribution in [3.8, 4) is 0 Å². The first-order valence-corrected chi connectivity index (χ1v) is 14.9. The fraction of sp³-hybridized carbons (Fsp3) is 0.357. The standard InChI is InChI=1S/C28H28F3N9O4S/c1-17-22(37-9-11-38(12-10-37)27(43)35-25-32-8-15-45-25)24(42)40-26(34-23(36-40)18-6-13-44-14-7-18)39(17)16-21(41)33-20-4-2-19(3-5-20)28(29,30)31/h2-6,8,15H,7,9-14,16H2,1H3,(H,33,41)(H,32,35,43). The van der Waals surface area contributed by atoms with Crippen LogP contribution in [-0.4, -0.2) is 80.4 Å². The zero-order chi connectivity index (χ0) is 31.7. The second-order valence-corrected chi connectivity index (χ2v) is 11.3. The van der Waals surface area contributed by atoms with Gasteiger partial charge in [-0.05, 0) is 43.2 Å². The van der Waals surface area contributed by atoms with Gasteiger partial charge in [-0.25, -0.2) is 9.78 Å². The zero-order valence-electron chi connectivity index (χ0n) is 24.0. The molecule has 0 saturated carbocycles. The normalized spacial score (nSPS) is 15.7. The van der Waals surface area contributed by atoms with Crippen molar-refractivity contribution in [2.75, 3.05) is 54.9 Å². The Kier molecular flexibility index (Phi) is 8.28. The van der Waals surface area contributed by atoms with E-state index in [-0.39, 0.29) is 24.0 Å². The fourth-order valence-corrected chi connectivity index (χ4v) is 5.76. The molecule has 1 saturated heterocycles. The van der Waals surface area contributed by atoms with E-state index in [2.05, 4.69) is 25.7 Å². The lowest BCUT2D eigenvalue weighted by atomic mass is 10.1. The summed E-state index contributed by atoms with van der Waals surface area (Å²) in [6.07, 6.45) is -0.510. The van der Waals surface area contributed by atoms with Crippen LogP contribution in [0.25, 0.3) is 11.4 Å². The van der Waals surface area contributed by atoms with Crippen LogP contribution in [0.5, 0.6) is 0 Å². The molecular formula is C28H28F3N9O4S. The molecule has 0 bridgehead atoms. The lowest BCUT2D eigenvalue weighted by Gasteiger charge is -2.36. The Labute approximate surface area is 257 Å². The molecule has 17 heteroatoms. The highest BCUT2D eigenvalue weighted by Crippen LogP contribution is 2.30. The van der Waals surface area contributed by atoms with E-state index in [1.165, 1.54) is 28.0 Å². The van der Waals surface area contributed by atoms with Gasteiger partial charge in [0.05, 0.1) is 18.8 Å². The first kappa shape index (κ1) is 30.3. The fourth-order valence-electron chi connectivity index (χ4n) is 5.24. The summed E-state index contributed by atoms with van der Waals surface area (Å²) in [7, 11) is 0. The molecule has 0 aliphatic carbocycles. The average Bonchev–Trinajstić information content (AvgIpc) is 3.71. The number of hydrogen-bond acceptors (Lipinski definition) is 9. The molecular weight excluding hydrogens is 615 g/mol. The number of fused-ring (bicyclic) bond motifs is 1. The molecule has 3 amide bonds. The first-order chi connectivity index (χ1) is 21.6. The van der Waals surface area contributed by atoms with Gasteiger partial charge in [0.2, 0.25) is 11.7 Å². The monoisotopic (exact) mass is 643 g/mol. The molecule has 6 rings (SSSR count). The number of urea groups is 1. The number of carbonyl (C=O) groups is 2. The number of aromatic nitrogens is 5. The van der Waals surface area contributed by atoms with Crippen LogP contribution in [0.1, 0.15) is 23.5 Å². The van der Waals surface area contributed by atoms with Gasteiger partial charge in [0.25, 0.3) is 5.56 Å². The molecule has 236 valence electrons. The summed E-state index contributed by atoms with van der Waals surface area (Å²) in [6, 6.07) is 3.84. The summed E-state index contributed by atoms with van der Waals surface area (Å²) in [4.78, 5) is 52.0. The highest BCUT2D eigenvalue weighted by molar-refractivity contribution is 7.13. The first-order valence-electron chi connectivity index (χ1n) is 14.0. The van der Waals surface area contributed by atoms with Crippen molar-refractivity contribution in [1.29, 1.82) is 0 Å². The maximum Gasteiger partial charge on any atom is 0.416 e. The van der Waals surface area contributed by atoms with Gasteiger partial charge >= 0.3 is 12.2 Å². The number of benzene rings is 1. The SMILES string of the molecule is Cc1c(N2CCN(C(=O)Nc3nccs3)CC2)c(=O)n2nc(C3=CCOCC3)nc2n1CC(=O)Nc1ccc(C(F)(F)F)cc1. The molecule has 2 N–H and O–H groups in total. The maximum absolute atomic E-state index is 13.9. The molecule has 0 spiro atoms. The molecule has 0 atom stereocenters. The Bertz CT molecular complexity index is 1810. The van der Waals surface area contributed by atoms with Crippen molar-refractivity contribution in [2.24, 2.45) is 0 Å². The number of carbonyl (C=O) groups excluding carboxylic acids is 2. The topological polar surface area (TPSA) is 139 Å². The van der Waals surface area contributed by atoms with Crippen LogP contribution in [0.4, 0.5) is 34.5 Å². The highest BCUT2D eigenvalue weighted by atomic mass is 32.1. The molecule has 45 heavy (non-hydrogen) atoms. The zero-order valence-corrected chi connectivity index (χ0v) is 24.8. The Balaban J connectivity index is 1.29. The Morgan fingerprint density at radius 2 is 1.84 bits per heavy atom. The second-order valence-electron chi connectivity index (χ2n) is 10.4. The molecule has 4 aromatic rings. The predicted molar refractivity (Wildman–Crippen MR) is 160 cm³/mol. The van der Waals surface area contributed by atoms with E-state index in [0.29, 0.717) is 68.2 Å². The largest absolute Gasteiger partial charge is 0.416 e. The number of piperazine rings is 1. The second kappa shape index (κ2) is 12.3. The van der Waals surface area contributed by atoms with Gasteiger partial charge in [-0.1, -0.05) is 6.08 Å². The quantitative estimate of drug-likeness (QED) is 0.326. The third-order valence-electron chi connectivity index (χ3n) is 7.55. The number of halogens is 3. The number of nitrogens with one attached hydrogen (secondary N) is 2. The molecule has 1 fully saturated rings. The Morgan fingerprint density at radius 1 is 1.09 bits per heavy atom. The number of amides is 3. The Morgan fingerprint density at radius 3 is 2.49 bits per heavy atom. The number of alkyl halides is 3. The Hall–Kier alpha value is -4.77. The van der Waals surface area contributed by atoms with E-state index < -0.39 is 23.2 Å². The van der Waals surface area contributed by atoms with E-state index in [9.17, 15) is 27.6 Å². The maximum atomic E-state index is 13.9. The highest BCUT2D eigenvalue weighted by Gasteiger charge is 2.31. The number of hydrogen-bond donors (Lipinski definition) is 2. The summed E-state index contributed by atoms with van der Waals surface area (Å²) < 4.78 is 47.1. The van der Waals surface area contributed by atoms with Crippen molar-refractivity contribution in [1.82, 2.24) is 29.0 Å². The number of anilines is 3. The summed E-state index contributed by atoms with van der Waals surface area (Å²) in [5, 5.41) is 12.1. The van der Waals surface area contributed by atoms with Gasteiger partial charge in [0.15, 0.2) is 11.0 Å². The van der Waals surface area contributed by atoms with Crippen molar-refractivity contribution in [3.63, 3.8) is 0 Å². The van der Waals surface area contributed by atoms with E-state index >= 15 is 0 Å². The molecule has 1 aromatic carbocycles. The molecule has 5 heterocycles. The van der Waals surface area contributed by atoms with Crippen molar-refractivity contribution in [3.05, 3.63) is 69.4 Å². The predicted octanol–water partition coefficient (Wildman–Crippen LogP) is 3.47. The van der Waals surface area contributed by atoms with E-state index in [0.717, 1.165) is 17.7 Å². The summed E-state index contributed by atoms with van der Waals surface area (Å²) >= 11 is 1.31. The summed E-state index contributed by atoms with van der Waals surface area (Å²) in [5.41, 5.74) is 0.503. The smallest absolute Gasteiger partial charge is 0.377 e. The van der Waals surface area contributed by atoms with Crippen LogP contribution in [0.3, 0.4) is 0 Å². The third-order valence-corrected chi connectivity index (χ3v) is 8.24. The minimum absolute atomic E-state index is 0.146. The van der Waals surface area contributed by atoms with Gasteiger partial charge in [-0.15, -0.1) is 16.4 Å². The van der Waals surface area contributed by atoms with Crippen LogP contribution in [0.15, 0.2) is 46.7 Å². The number of nitrogens with zero attached hydrogens (tertiary/aromatic N) is 7. The minimum Gasteiger partial charge on any atom is -0.377 e. The van der Waals surface area contributed by atoms with Gasteiger partial charge in [0.1, 0.15) is 12.2 Å². The van der Waals surface area contributed by atoms with Crippen LogP contribution in [0.2, 0.25) is 0 Å². The van der Waals surface area contributed by atoms with E-state index in [1.54, 1.807) is 28.0 Å². The van der Waals surface area contributed by atoms with E-state index in [1.807, 2.05) is 11.0 Å². The molecule has 0 unspecified atom stereocenters. The van der Waals surface area contributed by atoms with Gasteiger partial charge in [0, 0.05) is 49.1 Å². The van der Waals surface area contributed by atoms with Crippen molar-refractivity contribution < 1.29 is 27.5 Å². The molecule has 2 aliphatic heterocycles. The van der Waals surface area contributed by atoms with Crippen molar-refractivity contribution in [2.45, 2.75) is 26.1 Å². The lowest BCUT2D eigenvalue weighted by Crippen LogP contribution is -2.51. The van der Waals surface area contributed by atoms with Crippen molar-refractivity contribution >= 4 is 51.1 Å². The van der Waals surface area contributed by atoms with Gasteiger partial charge in [-0.3, -0.25) is 14.9 Å². The third kappa shape index (κ3) is 6.39. The van der Waals surface area contributed by atoms with Crippen LogP contribution in [-0.2, 0) is 22.3 Å². The van der Waals surface area contributed by atoms with Gasteiger partial charge in [-0.2, -0.15) is 22.7 Å². The molecule has 3 aromatic heterocycles. The average molecular weight is 644 g/mol. The summed E-state index contributed by atoms with van der Waals surface area (Å²) in [6.45, 7) is 3.62. The number of thiazole rings is 1.